The smallest absolute Gasteiger partial charge is 0.130 e. The first-order valence-electron chi connectivity index (χ1n) is 6.80. The van der Waals surface area contributed by atoms with Gasteiger partial charge in [-0.05, 0) is 56.4 Å². The van der Waals surface area contributed by atoms with E-state index in [1.807, 2.05) is 0 Å². The van der Waals surface area contributed by atoms with Crippen LogP contribution in [0.2, 0.25) is 0 Å². The van der Waals surface area contributed by atoms with Gasteiger partial charge in [0.05, 0.1) is 5.69 Å². The van der Waals surface area contributed by atoms with Gasteiger partial charge in [0, 0.05) is 17.7 Å². The number of benzene rings is 1. The third kappa shape index (κ3) is 2.60. The van der Waals surface area contributed by atoms with Gasteiger partial charge < -0.3 is 5.32 Å². The molecule has 1 N–H and O–H groups in total. The molecule has 1 heterocycles. The second kappa shape index (κ2) is 4.65. The average Bonchev–Trinajstić information content (AvgIpc) is 3.18. The van der Waals surface area contributed by atoms with E-state index in [2.05, 4.69) is 54.3 Å². The third-order valence-corrected chi connectivity index (χ3v) is 3.71. The molecule has 0 atom stereocenters. The Bertz CT molecular complexity index is 615. The molecule has 0 aliphatic heterocycles. The number of rotatable bonds is 3. The van der Waals surface area contributed by atoms with Crippen molar-refractivity contribution >= 4 is 5.82 Å². The van der Waals surface area contributed by atoms with Crippen molar-refractivity contribution in [1.82, 2.24) is 9.97 Å². The summed E-state index contributed by atoms with van der Waals surface area (Å²) in [5.74, 6) is 0.935. The molecule has 1 aliphatic rings. The highest BCUT2D eigenvalue weighted by Crippen LogP contribution is 2.28. The highest BCUT2D eigenvalue weighted by atomic mass is 15.1. The van der Waals surface area contributed by atoms with E-state index < -0.39 is 0 Å². The van der Waals surface area contributed by atoms with E-state index in [9.17, 15) is 0 Å². The van der Waals surface area contributed by atoms with Crippen LogP contribution in [0.25, 0.3) is 11.3 Å². The molecule has 1 fully saturated rings. The van der Waals surface area contributed by atoms with E-state index in [0.29, 0.717) is 6.04 Å². The number of nitrogens with one attached hydrogen (secondary N) is 1. The molecule has 19 heavy (non-hydrogen) atoms. The summed E-state index contributed by atoms with van der Waals surface area (Å²) in [4.78, 5) is 8.71. The number of hydrogen-bond donors (Lipinski definition) is 1. The van der Waals surface area contributed by atoms with Crippen LogP contribution in [0.15, 0.2) is 24.5 Å². The predicted molar refractivity (Wildman–Crippen MR) is 78.3 cm³/mol. The van der Waals surface area contributed by atoms with Crippen molar-refractivity contribution in [3.8, 4) is 11.3 Å². The van der Waals surface area contributed by atoms with Crippen LogP contribution in [0, 0.1) is 20.8 Å². The topological polar surface area (TPSA) is 37.8 Å². The fourth-order valence-corrected chi connectivity index (χ4v) is 2.26. The second-order valence-electron chi connectivity index (χ2n) is 5.46. The standard InChI is InChI=1S/C16H19N3/c1-10-6-12(3)14(7-11(10)2)15-8-16(18-9-17-15)19-13-4-5-13/h6-9,13H,4-5H2,1-3H3,(H,17,18,19). The number of hydrogen-bond acceptors (Lipinski definition) is 3. The van der Waals surface area contributed by atoms with E-state index in [1.165, 1.54) is 35.1 Å². The van der Waals surface area contributed by atoms with Crippen LogP contribution < -0.4 is 5.32 Å². The normalized spacial score (nSPS) is 14.5. The minimum Gasteiger partial charge on any atom is -0.367 e. The Kier molecular flexibility index (Phi) is 2.97. The van der Waals surface area contributed by atoms with Gasteiger partial charge in [-0.25, -0.2) is 9.97 Å². The first-order valence-corrected chi connectivity index (χ1v) is 6.80. The van der Waals surface area contributed by atoms with Crippen LogP contribution in [-0.4, -0.2) is 16.0 Å². The average molecular weight is 253 g/mol. The summed E-state index contributed by atoms with van der Waals surface area (Å²) in [5.41, 5.74) is 6.09. The molecular weight excluding hydrogens is 234 g/mol. The van der Waals surface area contributed by atoms with Gasteiger partial charge in [-0.3, -0.25) is 0 Å². The van der Waals surface area contributed by atoms with Crippen molar-refractivity contribution in [3.05, 3.63) is 41.2 Å². The molecule has 0 radical (unpaired) electrons. The second-order valence-corrected chi connectivity index (χ2v) is 5.46. The third-order valence-electron chi connectivity index (χ3n) is 3.71. The highest BCUT2D eigenvalue weighted by molar-refractivity contribution is 5.67. The largest absolute Gasteiger partial charge is 0.367 e. The van der Waals surface area contributed by atoms with Crippen molar-refractivity contribution in [2.45, 2.75) is 39.7 Å². The van der Waals surface area contributed by atoms with Crippen LogP contribution in [-0.2, 0) is 0 Å². The highest BCUT2D eigenvalue weighted by Gasteiger charge is 2.21. The monoisotopic (exact) mass is 253 g/mol. The number of aryl methyl sites for hydroxylation is 3. The zero-order chi connectivity index (χ0) is 13.4. The fourth-order valence-electron chi connectivity index (χ4n) is 2.26. The van der Waals surface area contributed by atoms with Crippen molar-refractivity contribution in [2.75, 3.05) is 5.32 Å². The molecule has 0 amide bonds. The lowest BCUT2D eigenvalue weighted by molar-refractivity contribution is 1.08. The van der Waals surface area contributed by atoms with Crippen LogP contribution in [0.5, 0.6) is 0 Å². The summed E-state index contributed by atoms with van der Waals surface area (Å²) in [5, 5.41) is 3.42. The van der Waals surface area contributed by atoms with Gasteiger partial charge in [0.15, 0.2) is 0 Å². The van der Waals surface area contributed by atoms with E-state index in [-0.39, 0.29) is 0 Å². The van der Waals surface area contributed by atoms with E-state index in [0.717, 1.165) is 11.5 Å². The van der Waals surface area contributed by atoms with Gasteiger partial charge in [0.1, 0.15) is 12.1 Å². The Morgan fingerprint density at radius 1 is 0.947 bits per heavy atom. The lowest BCUT2D eigenvalue weighted by Crippen LogP contribution is -2.03. The van der Waals surface area contributed by atoms with Crippen LogP contribution in [0.3, 0.4) is 0 Å². The molecule has 3 nitrogen and oxygen atoms in total. The van der Waals surface area contributed by atoms with Gasteiger partial charge in [0.2, 0.25) is 0 Å². The van der Waals surface area contributed by atoms with Gasteiger partial charge in [0.25, 0.3) is 0 Å². The van der Waals surface area contributed by atoms with Crippen LogP contribution >= 0.6 is 0 Å². The maximum absolute atomic E-state index is 4.42. The number of anilines is 1. The summed E-state index contributed by atoms with van der Waals surface area (Å²) in [6.45, 7) is 6.42. The zero-order valence-electron chi connectivity index (χ0n) is 11.7. The predicted octanol–water partition coefficient (Wildman–Crippen LogP) is 3.64. The fraction of sp³-hybridized carbons (Fsp3) is 0.375. The molecule has 1 aromatic carbocycles. The lowest BCUT2D eigenvalue weighted by Gasteiger charge is -2.10. The summed E-state index contributed by atoms with van der Waals surface area (Å²) in [6.07, 6.45) is 4.15. The van der Waals surface area contributed by atoms with Gasteiger partial charge >= 0.3 is 0 Å². The molecule has 0 spiro atoms. The van der Waals surface area contributed by atoms with Crippen molar-refractivity contribution < 1.29 is 0 Å². The molecular formula is C16H19N3. The quantitative estimate of drug-likeness (QED) is 0.907. The molecule has 0 saturated heterocycles. The molecule has 1 aromatic heterocycles. The van der Waals surface area contributed by atoms with E-state index >= 15 is 0 Å². The summed E-state index contributed by atoms with van der Waals surface area (Å²) >= 11 is 0. The maximum atomic E-state index is 4.42. The Morgan fingerprint density at radius 3 is 2.42 bits per heavy atom. The lowest BCUT2D eigenvalue weighted by atomic mass is 9.98. The van der Waals surface area contributed by atoms with Crippen molar-refractivity contribution in [2.24, 2.45) is 0 Å². The Hall–Kier alpha value is -1.90. The van der Waals surface area contributed by atoms with Gasteiger partial charge in [-0.2, -0.15) is 0 Å². The molecule has 3 rings (SSSR count). The zero-order valence-corrected chi connectivity index (χ0v) is 11.7. The Balaban J connectivity index is 1.98. The molecule has 3 heteroatoms. The summed E-state index contributed by atoms with van der Waals surface area (Å²) < 4.78 is 0. The minimum atomic E-state index is 0.614. The van der Waals surface area contributed by atoms with E-state index in [4.69, 9.17) is 0 Å². The Morgan fingerprint density at radius 2 is 1.68 bits per heavy atom. The number of aromatic nitrogens is 2. The van der Waals surface area contributed by atoms with Crippen LogP contribution in [0.1, 0.15) is 29.5 Å². The van der Waals surface area contributed by atoms with Gasteiger partial charge in [-0.15, -0.1) is 0 Å². The minimum absolute atomic E-state index is 0.614. The van der Waals surface area contributed by atoms with Crippen LogP contribution in [0.4, 0.5) is 5.82 Å². The first-order chi connectivity index (χ1) is 9.13. The molecule has 0 unspecified atom stereocenters. The first kappa shape index (κ1) is 12.2. The molecule has 1 aliphatic carbocycles. The molecule has 2 aromatic rings. The molecule has 98 valence electrons. The van der Waals surface area contributed by atoms with Crippen molar-refractivity contribution in [1.29, 1.82) is 0 Å². The van der Waals surface area contributed by atoms with E-state index in [1.54, 1.807) is 6.33 Å². The molecule has 1 saturated carbocycles. The summed E-state index contributed by atoms with van der Waals surface area (Å²) in [6, 6.07) is 7.10. The summed E-state index contributed by atoms with van der Waals surface area (Å²) in [7, 11) is 0. The Labute approximate surface area is 114 Å². The number of nitrogens with zero attached hydrogens (tertiary/aromatic N) is 2. The van der Waals surface area contributed by atoms with Gasteiger partial charge in [-0.1, -0.05) is 6.07 Å². The SMILES string of the molecule is Cc1cc(C)c(-c2cc(NC3CC3)ncn2)cc1C. The van der Waals surface area contributed by atoms with Crippen molar-refractivity contribution in [3.63, 3.8) is 0 Å². The molecule has 0 bridgehead atoms. The maximum Gasteiger partial charge on any atom is 0.130 e.